The van der Waals surface area contributed by atoms with E-state index in [4.69, 9.17) is 23.2 Å². The Balaban J connectivity index is 2.36. The number of rotatable bonds is 2. The molecule has 3 aromatic rings. The van der Waals surface area contributed by atoms with Crippen LogP contribution >= 0.6 is 39.1 Å². The van der Waals surface area contributed by atoms with Gasteiger partial charge in [0.1, 0.15) is 11.3 Å². The Morgan fingerprint density at radius 3 is 2.80 bits per heavy atom. The van der Waals surface area contributed by atoms with Gasteiger partial charge in [-0.1, -0.05) is 11.6 Å². The molecule has 0 radical (unpaired) electrons. The summed E-state index contributed by atoms with van der Waals surface area (Å²) in [5.74, 6) is 0.753. The van der Waals surface area contributed by atoms with Crippen LogP contribution in [0.3, 0.4) is 0 Å². The van der Waals surface area contributed by atoms with Gasteiger partial charge in [0.2, 0.25) is 0 Å². The number of fused-ring (bicyclic) bond motifs is 1. The minimum absolute atomic E-state index is 0.230. The molecule has 102 valence electrons. The standard InChI is InChI=1S/C14H10BrCl2N3/c1-8(16)13-19-11-3-2-6-18-14(11)20(13)12-5-4-9(17)7-10(12)15/h2-8H,1H3. The Hall–Kier alpha value is -1.10. The molecule has 2 heterocycles. The van der Waals surface area contributed by atoms with Crippen molar-refractivity contribution < 1.29 is 0 Å². The Morgan fingerprint density at radius 2 is 2.10 bits per heavy atom. The Labute approximate surface area is 134 Å². The van der Waals surface area contributed by atoms with Crippen LogP contribution in [0.5, 0.6) is 0 Å². The normalized spacial score (nSPS) is 12.8. The maximum absolute atomic E-state index is 6.26. The van der Waals surface area contributed by atoms with Crippen LogP contribution in [-0.4, -0.2) is 14.5 Å². The Morgan fingerprint density at radius 1 is 1.30 bits per heavy atom. The van der Waals surface area contributed by atoms with Gasteiger partial charge in [-0.05, 0) is 53.2 Å². The highest BCUT2D eigenvalue weighted by Crippen LogP contribution is 2.32. The third kappa shape index (κ3) is 2.32. The van der Waals surface area contributed by atoms with Crippen LogP contribution in [-0.2, 0) is 0 Å². The molecule has 3 nitrogen and oxygen atoms in total. The molecule has 1 atom stereocenters. The largest absolute Gasteiger partial charge is 0.278 e. The maximum Gasteiger partial charge on any atom is 0.164 e. The van der Waals surface area contributed by atoms with Gasteiger partial charge >= 0.3 is 0 Å². The Bertz CT molecular complexity index is 783. The average molecular weight is 371 g/mol. The fourth-order valence-electron chi connectivity index (χ4n) is 2.10. The number of aromatic nitrogens is 3. The van der Waals surface area contributed by atoms with Crippen LogP contribution in [0.2, 0.25) is 5.02 Å². The van der Waals surface area contributed by atoms with E-state index in [1.54, 1.807) is 6.20 Å². The lowest BCUT2D eigenvalue weighted by Gasteiger charge is -2.12. The number of hydrogen-bond acceptors (Lipinski definition) is 2. The third-order valence-electron chi connectivity index (χ3n) is 2.95. The zero-order chi connectivity index (χ0) is 14.3. The SMILES string of the molecule is CC(Cl)c1nc2cccnc2n1-c1ccc(Cl)cc1Br. The van der Waals surface area contributed by atoms with Crippen LogP contribution < -0.4 is 0 Å². The number of hydrogen-bond donors (Lipinski definition) is 0. The van der Waals surface area contributed by atoms with E-state index in [1.165, 1.54) is 0 Å². The molecule has 0 saturated heterocycles. The first-order chi connectivity index (χ1) is 9.58. The molecule has 3 rings (SSSR count). The second-order valence-corrected chi connectivity index (χ2v) is 6.31. The third-order valence-corrected chi connectivity index (χ3v) is 4.01. The molecule has 0 amide bonds. The van der Waals surface area contributed by atoms with Gasteiger partial charge in [0.15, 0.2) is 5.65 Å². The lowest BCUT2D eigenvalue weighted by atomic mass is 10.3. The van der Waals surface area contributed by atoms with Crippen molar-refractivity contribution in [3.8, 4) is 5.69 Å². The summed E-state index contributed by atoms with van der Waals surface area (Å²) in [6.07, 6.45) is 1.74. The summed E-state index contributed by atoms with van der Waals surface area (Å²) in [4.78, 5) is 8.98. The van der Waals surface area contributed by atoms with Crippen LogP contribution in [0.1, 0.15) is 18.1 Å². The summed E-state index contributed by atoms with van der Waals surface area (Å²) in [6.45, 7) is 1.89. The number of imidazole rings is 1. The van der Waals surface area contributed by atoms with Crippen molar-refractivity contribution in [2.24, 2.45) is 0 Å². The molecule has 2 aromatic heterocycles. The predicted molar refractivity (Wildman–Crippen MR) is 85.8 cm³/mol. The van der Waals surface area contributed by atoms with Gasteiger partial charge in [0, 0.05) is 15.7 Å². The van der Waals surface area contributed by atoms with Crippen molar-refractivity contribution in [1.82, 2.24) is 14.5 Å². The van der Waals surface area contributed by atoms with Gasteiger partial charge in [-0.2, -0.15) is 0 Å². The van der Waals surface area contributed by atoms with Crippen molar-refractivity contribution >= 4 is 50.3 Å². The van der Waals surface area contributed by atoms with Crippen molar-refractivity contribution in [3.63, 3.8) is 0 Å². The number of nitrogens with zero attached hydrogens (tertiary/aromatic N) is 3. The fourth-order valence-corrected chi connectivity index (χ4v) is 3.10. The number of pyridine rings is 1. The first kappa shape index (κ1) is 13.9. The molecular formula is C14H10BrCl2N3. The molecule has 0 aliphatic rings. The zero-order valence-corrected chi connectivity index (χ0v) is 13.6. The van der Waals surface area contributed by atoms with Gasteiger partial charge in [0.25, 0.3) is 0 Å². The van der Waals surface area contributed by atoms with E-state index in [2.05, 4.69) is 25.9 Å². The quantitative estimate of drug-likeness (QED) is 0.585. The molecule has 0 fully saturated rings. The van der Waals surface area contributed by atoms with Gasteiger partial charge in [-0.15, -0.1) is 11.6 Å². The van der Waals surface area contributed by atoms with Crippen molar-refractivity contribution in [3.05, 3.63) is 51.8 Å². The summed E-state index contributed by atoms with van der Waals surface area (Å²) in [7, 11) is 0. The molecule has 0 saturated carbocycles. The number of benzene rings is 1. The average Bonchev–Trinajstić information content (AvgIpc) is 2.78. The minimum Gasteiger partial charge on any atom is -0.278 e. The monoisotopic (exact) mass is 369 g/mol. The van der Waals surface area contributed by atoms with E-state index in [9.17, 15) is 0 Å². The van der Waals surface area contributed by atoms with E-state index in [0.29, 0.717) is 5.02 Å². The maximum atomic E-state index is 6.26. The lowest BCUT2D eigenvalue weighted by Crippen LogP contribution is -2.03. The van der Waals surface area contributed by atoms with E-state index >= 15 is 0 Å². The van der Waals surface area contributed by atoms with Gasteiger partial charge in [-0.25, -0.2) is 9.97 Å². The van der Waals surface area contributed by atoms with Gasteiger partial charge in [-0.3, -0.25) is 4.57 Å². The Kier molecular flexibility index (Phi) is 3.71. The highest BCUT2D eigenvalue weighted by atomic mass is 79.9. The first-order valence-electron chi connectivity index (χ1n) is 6.01. The second-order valence-electron chi connectivity index (χ2n) is 4.36. The predicted octanol–water partition coefficient (Wildman–Crippen LogP) is 5.14. The second kappa shape index (κ2) is 5.35. The summed E-state index contributed by atoms with van der Waals surface area (Å²) in [5.41, 5.74) is 2.51. The molecule has 0 N–H and O–H groups in total. The summed E-state index contributed by atoms with van der Waals surface area (Å²) in [5, 5.41) is 0.435. The van der Waals surface area contributed by atoms with Crippen LogP contribution in [0, 0.1) is 0 Å². The van der Waals surface area contributed by atoms with E-state index in [1.807, 2.05) is 41.8 Å². The highest BCUT2D eigenvalue weighted by Gasteiger charge is 2.18. The van der Waals surface area contributed by atoms with E-state index in [-0.39, 0.29) is 5.38 Å². The topological polar surface area (TPSA) is 30.7 Å². The van der Waals surface area contributed by atoms with Crippen LogP contribution in [0.15, 0.2) is 41.0 Å². The van der Waals surface area contributed by atoms with Gasteiger partial charge < -0.3 is 0 Å². The van der Waals surface area contributed by atoms with Crippen molar-refractivity contribution in [2.75, 3.05) is 0 Å². The van der Waals surface area contributed by atoms with E-state index < -0.39 is 0 Å². The first-order valence-corrected chi connectivity index (χ1v) is 7.61. The van der Waals surface area contributed by atoms with Crippen molar-refractivity contribution in [2.45, 2.75) is 12.3 Å². The summed E-state index contributed by atoms with van der Waals surface area (Å²) < 4.78 is 2.82. The van der Waals surface area contributed by atoms with E-state index in [0.717, 1.165) is 27.1 Å². The highest BCUT2D eigenvalue weighted by molar-refractivity contribution is 9.10. The molecule has 1 unspecified atom stereocenters. The summed E-state index contributed by atoms with van der Waals surface area (Å²) >= 11 is 15.8. The molecule has 20 heavy (non-hydrogen) atoms. The number of alkyl halides is 1. The molecule has 6 heteroatoms. The molecule has 1 aromatic carbocycles. The lowest BCUT2D eigenvalue weighted by molar-refractivity contribution is 0.874. The van der Waals surface area contributed by atoms with Crippen LogP contribution in [0.4, 0.5) is 0 Å². The van der Waals surface area contributed by atoms with Gasteiger partial charge in [0.05, 0.1) is 11.1 Å². The molecule has 0 aliphatic carbocycles. The molecule has 0 spiro atoms. The zero-order valence-electron chi connectivity index (χ0n) is 10.5. The number of halogens is 3. The van der Waals surface area contributed by atoms with Crippen molar-refractivity contribution in [1.29, 1.82) is 0 Å². The molecule has 0 bridgehead atoms. The molecule has 0 aliphatic heterocycles. The van der Waals surface area contributed by atoms with Crippen LogP contribution in [0.25, 0.3) is 16.9 Å². The minimum atomic E-state index is -0.230. The summed E-state index contributed by atoms with van der Waals surface area (Å²) in [6, 6.07) is 9.38. The fraction of sp³-hybridized carbons (Fsp3) is 0.143. The smallest absolute Gasteiger partial charge is 0.164 e. The molecular weight excluding hydrogens is 361 g/mol.